The molecule has 1 aromatic carbocycles. The third-order valence-corrected chi connectivity index (χ3v) is 5.14. The van der Waals surface area contributed by atoms with E-state index in [1.165, 1.54) is 0 Å². The number of likely N-dealkylation sites (tertiary alicyclic amines) is 1. The van der Waals surface area contributed by atoms with Gasteiger partial charge in [0.05, 0.1) is 5.52 Å². The molecule has 0 spiro atoms. The Kier molecular flexibility index (Phi) is 5.18. The number of fused-ring (bicyclic) bond motifs is 1. The zero-order valence-electron chi connectivity index (χ0n) is 15.4. The molecule has 0 aliphatic carbocycles. The van der Waals surface area contributed by atoms with Crippen molar-refractivity contribution in [3.8, 4) is 0 Å². The van der Waals surface area contributed by atoms with Crippen LogP contribution in [0.4, 0.5) is 13.2 Å². The minimum absolute atomic E-state index is 0.119. The zero-order valence-corrected chi connectivity index (χ0v) is 15.4. The zero-order chi connectivity index (χ0) is 20.6. The maximum absolute atomic E-state index is 12.7. The lowest BCUT2D eigenvalue weighted by Gasteiger charge is -2.24. The molecule has 1 unspecified atom stereocenters. The largest absolute Gasteiger partial charge is 0.471 e. The van der Waals surface area contributed by atoms with Crippen molar-refractivity contribution in [2.24, 2.45) is 0 Å². The molecule has 2 amide bonds. The highest BCUT2D eigenvalue weighted by Gasteiger charge is 2.47. The number of H-pyrrole nitrogens is 1. The molecule has 1 saturated heterocycles. The number of hydrogen-bond acceptors (Lipinski definition) is 3. The summed E-state index contributed by atoms with van der Waals surface area (Å²) < 4.78 is 38.0. The standard InChI is InChI=1S/C19H20F3N3O3/c1-10-5-6-12-8-13(16(26)24-15(12)11(10)2)9-23-17(27)14-4-3-7-25(14)18(28)19(20,21)22/h5-6,8,14H,3-4,7,9H2,1-2H3,(H,23,27)(H,24,26). The molecular weight excluding hydrogens is 375 g/mol. The first-order valence-corrected chi connectivity index (χ1v) is 8.87. The van der Waals surface area contributed by atoms with E-state index in [0.717, 1.165) is 16.5 Å². The van der Waals surface area contributed by atoms with E-state index in [4.69, 9.17) is 0 Å². The highest BCUT2D eigenvalue weighted by molar-refractivity contribution is 5.90. The Morgan fingerprint density at radius 2 is 2.00 bits per heavy atom. The molecule has 0 radical (unpaired) electrons. The molecule has 28 heavy (non-hydrogen) atoms. The van der Waals surface area contributed by atoms with Crippen LogP contribution in [0.2, 0.25) is 0 Å². The molecule has 2 aromatic rings. The minimum atomic E-state index is -5.02. The second-order valence-electron chi connectivity index (χ2n) is 6.97. The SMILES string of the molecule is Cc1ccc2cc(CNC(=O)C3CCCN3C(=O)C(F)(F)F)c(=O)[nH]c2c1C. The maximum atomic E-state index is 12.7. The van der Waals surface area contributed by atoms with E-state index in [9.17, 15) is 27.6 Å². The molecule has 1 fully saturated rings. The summed E-state index contributed by atoms with van der Waals surface area (Å²) in [6.45, 7) is 3.56. The van der Waals surface area contributed by atoms with E-state index in [1.807, 2.05) is 26.0 Å². The van der Waals surface area contributed by atoms with Crippen LogP contribution < -0.4 is 10.9 Å². The molecule has 2 N–H and O–H groups in total. The van der Waals surface area contributed by atoms with E-state index < -0.39 is 24.0 Å². The van der Waals surface area contributed by atoms with Crippen LogP contribution >= 0.6 is 0 Å². The lowest BCUT2D eigenvalue weighted by Crippen LogP contribution is -2.50. The van der Waals surface area contributed by atoms with Crippen molar-refractivity contribution in [2.45, 2.75) is 45.5 Å². The Labute approximate surface area is 158 Å². The number of carbonyl (C=O) groups is 2. The molecule has 1 aromatic heterocycles. The summed E-state index contributed by atoms with van der Waals surface area (Å²) in [4.78, 5) is 39.5. The number of benzene rings is 1. The van der Waals surface area contributed by atoms with E-state index >= 15 is 0 Å². The first kappa shape index (κ1) is 19.9. The van der Waals surface area contributed by atoms with E-state index in [0.29, 0.717) is 16.8 Å². The molecule has 1 aliphatic rings. The fraction of sp³-hybridized carbons (Fsp3) is 0.421. The van der Waals surface area contributed by atoms with Crippen molar-refractivity contribution >= 4 is 22.7 Å². The molecule has 1 aliphatic heterocycles. The Balaban J connectivity index is 1.76. The van der Waals surface area contributed by atoms with E-state index in [2.05, 4.69) is 10.3 Å². The molecule has 0 bridgehead atoms. The first-order valence-electron chi connectivity index (χ1n) is 8.87. The number of aromatic nitrogens is 1. The number of carbonyl (C=O) groups excluding carboxylic acids is 2. The Hall–Kier alpha value is -2.84. The van der Waals surface area contributed by atoms with Gasteiger partial charge in [-0.05, 0) is 49.3 Å². The number of nitrogens with one attached hydrogen (secondary N) is 2. The number of halogens is 3. The second kappa shape index (κ2) is 7.29. The Bertz CT molecular complexity index is 998. The number of alkyl halides is 3. The van der Waals surface area contributed by atoms with Gasteiger partial charge < -0.3 is 15.2 Å². The monoisotopic (exact) mass is 395 g/mol. The lowest BCUT2D eigenvalue weighted by molar-refractivity contribution is -0.186. The smallest absolute Gasteiger partial charge is 0.350 e. The van der Waals surface area contributed by atoms with Crippen molar-refractivity contribution in [3.05, 3.63) is 45.2 Å². The van der Waals surface area contributed by atoms with Gasteiger partial charge in [0.2, 0.25) is 5.91 Å². The Morgan fingerprint density at radius 1 is 1.29 bits per heavy atom. The summed E-state index contributed by atoms with van der Waals surface area (Å²) in [5.74, 6) is -2.71. The number of amides is 2. The first-order chi connectivity index (χ1) is 13.1. The van der Waals surface area contributed by atoms with Gasteiger partial charge >= 0.3 is 12.1 Å². The average Bonchev–Trinajstić information content (AvgIpc) is 3.11. The van der Waals surface area contributed by atoms with Crippen LogP contribution in [0.5, 0.6) is 0 Å². The third-order valence-electron chi connectivity index (χ3n) is 5.14. The number of pyridine rings is 1. The molecule has 2 heterocycles. The van der Waals surface area contributed by atoms with Crippen LogP contribution in [-0.2, 0) is 16.1 Å². The predicted molar refractivity (Wildman–Crippen MR) is 96.7 cm³/mol. The van der Waals surface area contributed by atoms with Crippen molar-refractivity contribution in [1.29, 1.82) is 0 Å². The molecule has 0 saturated carbocycles. The maximum Gasteiger partial charge on any atom is 0.471 e. The van der Waals surface area contributed by atoms with Gasteiger partial charge in [-0.25, -0.2) is 0 Å². The van der Waals surface area contributed by atoms with Crippen LogP contribution in [0.1, 0.15) is 29.5 Å². The fourth-order valence-corrected chi connectivity index (χ4v) is 3.45. The van der Waals surface area contributed by atoms with Crippen molar-refractivity contribution < 1.29 is 22.8 Å². The Morgan fingerprint density at radius 3 is 2.68 bits per heavy atom. The van der Waals surface area contributed by atoms with Gasteiger partial charge in [0.15, 0.2) is 0 Å². The summed E-state index contributed by atoms with van der Waals surface area (Å²) >= 11 is 0. The molecule has 150 valence electrons. The highest BCUT2D eigenvalue weighted by atomic mass is 19.4. The molecule has 1 atom stereocenters. The predicted octanol–water partition coefficient (Wildman–Crippen LogP) is 2.31. The van der Waals surface area contributed by atoms with Crippen molar-refractivity contribution in [3.63, 3.8) is 0 Å². The van der Waals surface area contributed by atoms with Gasteiger partial charge in [-0.3, -0.25) is 14.4 Å². The molecule has 3 rings (SSSR count). The summed E-state index contributed by atoms with van der Waals surface area (Å²) in [5.41, 5.74) is 2.59. The summed E-state index contributed by atoms with van der Waals surface area (Å²) in [6, 6.07) is 4.23. The molecule has 6 nitrogen and oxygen atoms in total. The number of aromatic amines is 1. The van der Waals surface area contributed by atoms with Gasteiger partial charge in [-0.1, -0.05) is 12.1 Å². The van der Waals surface area contributed by atoms with Gasteiger partial charge in [-0.15, -0.1) is 0 Å². The van der Waals surface area contributed by atoms with Crippen LogP contribution in [-0.4, -0.2) is 40.5 Å². The normalized spacial score (nSPS) is 17.2. The van der Waals surface area contributed by atoms with Gasteiger partial charge in [-0.2, -0.15) is 13.2 Å². The van der Waals surface area contributed by atoms with Crippen LogP contribution in [0.15, 0.2) is 23.0 Å². The van der Waals surface area contributed by atoms with E-state index in [1.54, 1.807) is 6.07 Å². The van der Waals surface area contributed by atoms with E-state index in [-0.39, 0.29) is 30.6 Å². The second-order valence-corrected chi connectivity index (χ2v) is 6.97. The summed E-state index contributed by atoms with van der Waals surface area (Å²) in [5, 5.41) is 3.28. The fourth-order valence-electron chi connectivity index (χ4n) is 3.45. The molecular formula is C19H20F3N3O3. The number of aryl methyl sites for hydroxylation is 2. The summed E-state index contributed by atoms with van der Waals surface area (Å²) in [7, 11) is 0. The van der Waals surface area contributed by atoms with Crippen LogP contribution in [0, 0.1) is 13.8 Å². The topological polar surface area (TPSA) is 82.3 Å². The quantitative estimate of drug-likeness (QED) is 0.837. The van der Waals surface area contributed by atoms with Crippen LogP contribution in [0.25, 0.3) is 10.9 Å². The highest BCUT2D eigenvalue weighted by Crippen LogP contribution is 2.26. The minimum Gasteiger partial charge on any atom is -0.350 e. The third kappa shape index (κ3) is 3.74. The number of rotatable bonds is 3. The lowest BCUT2D eigenvalue weighted by atomic mass is 10.0. The van der Waals surface area contributed by atoms with Crippen molar-refractivity contribution in [1.82, 2.24) is 15.2 Å². The number of hydrogen-bond donors (Lipinski definition) is 2. The number of nitrogens with zero attached hydrogens (tertiary/aromatic N) is 1. The summed E-state index contributed by atoms with van der Waals surface area (Å²) in [6.07, 6.45) is -4.55. The van der Waals surface area contributed by atoms with Gasteiger partial charge in [0, 0.05) is 18.7 Å². The van der Waals surface area contributed by atoms with Gasteiger partial charge in [0.1, 0.15) is 6.04 Å². The average molecular weight is 395 g/mol. The van der Waals surface area contributed by atoms with Crippen molar-refractivity contribution in [2.75, 3.05) is 6.54 Å². The van der Waals surface area contributed by atoms with Crippen LogP contribution in [0.3, 0.4) is 0 Å². The molecule has 9 heteroatoms. The van der Waals surface area contributed by atoms with Gasteiger partial charge in [0.25, 0.3) is 5.56 Å².